The van der Waals surface area contributed by atoms with Crippen molar-refractivity contribution in [2.75, 3.05) is 19.8 Å². The summed E-state index contributed by atoms with van der Waals surface area (Å²) < 4.78 is 20.8. The van der Waals surface area contributed by atoms with E-state index in [1.165, 1.54) is 6.92 Å². The van der Waals surface area contributed by atoms with Crippen LogP contribution in [0, 0.1) is 0 Å². The molecular weight excluding hydrogens is 344 g/mol. The van der Waals surface area contributed by atoms with E-state index in [0.717, 1.165) is 0 Å². The molecule has 0 radical (unpaired) electrons. The Kier molecular flexibility index (Phi) is 7.49. The van der Waals surface area contributed by atoms with E-state index >= 15 is 0 Å². The SMILES string of the molecule is CC1O[C@@H](OCCO[C@H]2OC(CO)[C@@H](O)C(O)C2O)C(O)C(O)[C@@H]1O. The topological polar surface area (TPSA) is 179 Å². The Labute approximate surface area is 143 Å². The predicted octanol–water partition coefficient (Wildman–Crippen LogP) is -4.35. The molecule has 2 saturated heterocycles. The molecule has 2 rings (SSSR count). The molecule has 148 valence electrons. The summed E-state index contributed by atoms with van der Waals surface area (Å²) in [6.07, 6.45) is -12.9. The third-order valence-electron chi connectivity index (χ3n) is 4.30. The van der Waals surface area contributed by atoms with Crippen LogP contribution in [0.25, 0.3) is 0 Å². The Morgan fingerprint density at radius 2 is 1.16 bits per heavy atom. The van der Waals surface area contributed by atoms with Gasteiger partial charge in [0.05, 0.1) is 25.9 Å². The maximum absolute atomic E-state index is 9.80. The average Bonchev–Trinajstić information content (AvgIpc) is 2.60. The Bertz CT molecular complexity index is 408. The predicted molar refractivity (Wildman–Crippen MR) is 78.0 cm³/mol. The number of hydrogen-bond acceptors (Lipinski definition) is 11. The fourth-order valence-corrected chi connectivity index (χ4v) is 2.68. The van der Waals surface area contributed by atoms with Crippen molar-refractivity contribution >= 4 is 0 Å². The van der Waals surface area contributed by atoms with E-state index in [4.69, 9.17) is 24.1 Å². The van der Waals surface area contributed by atoms with E-state index in [1.807, 2.05) is 0 Å². The molecule has 6 unspecified atom stereocenters. The highest BCUT2D eigenvalue weighted by Gasteiger charge is 2.44. The van der Waals surface area contributed by atoms with Crippen LogP contribution >= 0.6 is 0 Å². The van der Waals surface area contributed by atoms with Crippen LogP contribution in [0.15, 0.2) is 0 Å². The molecular formula is C14H26O11. The highest BCUT2D eigenvalue weighted by molar-refractivity contribution is 4.89. The summed E-state index contributed by atoms with van der Waals surface area (Å²) in [7, 11) is 0. The summed E-state index contributed by atoms with van der Waals surface area (Å²) in [5, 5.41) is 67.2. The monoisotopic (exact) mass is 370 g/mol. The second-order valence-electron chi connectivity index (χ2n) is 6.12. The molecule has 2 fully saturated rings. The van der Waals surface area contributed by atoms with E-state index in [0.29, 0.717) is 0 Å². The maximum Gasteiger partial charge on any atom is 0.186 e. The lowest BCUT2D eigenvalue weighted by atomic mass is 9.99. The van der Waals surface area contributed by atoms with Crippen molar-refractivity contribution in [3.63, 3.8) is 0 Å². The van der Waals surface area contributed by atoms with Gasteiger partial charge in [-0.3, -0.25) is 0 Å². The van der Waals surface area contributed by atoms with E-state index < -0.39 is 68.0 Å². The molecule has 0 amide bonds. The first-order valence-corrected chi connectivity index (χ1v) is 8.01. The lowest BCUT2D eigenvalue weighted by Gasteiger charge is -2.40. The first kappa shape index (κ1) is 20.9. The molecule has 2 heterocycles. The van der Waals surface area contributed by atoms with E-state index in [-0.39, 0.29) is 13.2 Å². The van der Waals surface area contributed by atoms with Crippen LogP contribution in [0.2, 0.25) is 0 Å². The summed E-state index contributed by atoms with van der Waals surface area (Å²) in [5.74, 6) is 0. The van der Waals surface area contributed by atoms with Crippen molar-refractivity contribution in [3.05, 3.63) is 0 Å². The summed E-state index contributed by atoms with van der Waals surface area (Å²) in [5.41, 5.74) is 0. The molecule has 0 aromatic rings. The summed E-state index contributed by atoms with van der Waals surface area (Å²) >= 11 is 0. The minimum absolute atomic E-state index is 0.119. The van der Waals surface area contributed by atoms with Crippen LogP contribution in [-0.2, 0) is 18.9 Å². The maximum atomic E-state index is 9.80. The second-order valence-corrected chi connectivity index (χ2v) is 6.12. The minimum Gasteiger partial charge on any atom is -0.394 e. The lowest BCUT2D eigenvalue weighted by Crippen LogP contribution is -2.59. The molecule has 25 heavy (non-hydrogen) atoms. The quantitative estimate of drug-likeness (QED) is 0.225. The molecule has 0 spiro atoms. The van der Waals surface area contributed by atoms with Crippen LogP contribution in [0.4, 0.5) is 0 Å². The van der Waals surface area contributed by atoms with E-state index in [2.05, 4.69) is 0 Å². The molecule has 0 bridgehead atoms. The fourth-order valence-electron chi connectivity index (χ4n) is 2.68. The molecule has 11 nitrogen and oxygen atoms in total. The van der Waals surface area contributed by atoms with Gasteiger partial charge >= 0.3 is 0 Å². The van der Waals surface area contributed by atoms with Crippen LogP contribution < -0.4 is 0 Å². The zero-order valence-electron chi connectivity index (χ0n) is 13.7. The van der Waals surface area contributed by atoms with Crippen molar-refractivity contribution in [1.29, 1.82) is 0 Å². The van der Waals surface area contributed by atoms with Crippen molar-refractivity contribution in [2.45, 2.75) is 68.3 Å². The van der Waals surface area contributed by atoms with Crippen LogP contribution in [0.3, 0.4) is 0 Å². The molecule has 0 aromatic carbocycles. The lowest BCUT2D eigenvalue weighted by molar-refractivity contribution is -0.314. The zero-order chi connectivity index (χ0) is 18.7. The van der Waals surface area contributed by atoms with Gasteiger partial charge in [0.1, 0.15) is 42.7 Å². The Morgan fingerprint density at radius 1 is 0.680 bits per heavy atom. The summed E-state index contributed by atoms with van der Waals surface area (Å²) in [4.78, 5) is 0. The normalized spacial score (nSPS) is 48.5. The van der Waals surface area contributed by atoms with Crippen molar-refractivity contribution in [3.8, 4) is 0 Å². The van der Waals surface area contributed by atoms with Gasteiger partial charge in [0.25, 0.3) is 0 Å². The van der Waals surface area contributed by atoms with Gasteiger partial charge in [-0.15, -0.1) is 0 Å². The number of hydrogen-bond donors (Lipinski definition) is 7. The highest BCUT2D eigenvalue weighted by atomic mass is 16.7. The number of rotatable bonds is 6. The van der Waals surface area contributed by atoms with Gasteiger partial charge in [0, 0.05) is 0 Å². The van der Waals surface area contributed by atoms with Gasteiger partial charge in [0.15, 0.2) is 12.6 Å². The van der Waals surface area contributed by atoms with Crippen LogP contribution in [0.1, 0.15) is 6.92 Å². The summed E-state index contributed by atoms with van der Waals surface area (Å²) in [6, 6.07) is 0. The Morgan fingerprint density at radius 3 is 1.68 bits per heavy atom. The fraction of sp³-hybridized carbons (Fsp3) is 1.00. The molecule has 0 aliphatic carbocycles. The van der Waals surface area contributed by atoms with Gasteiger partial charge in [-0.05, 0) is 6.92 Å². The highest BCUT2D eigenvalue weighted by Crippen LogP contribution is 2.23. The first-order chi connectivity index (χ1) is 11.8. The van der Waals surface area contributed by atoms with E-state index in [9.17, 15) is 30.6 Å². The standard InChI is InChI=1S/C14H26O11/c1-5-7(16)9(18)11(20)13(24-5)22-2-3-23-14-12(21)10(19)8(17)6(4-15)25-14/h5-21H,2-4H2,1H3/t5?,6?,7-,8-,9?,10?,11?,12?,13-,14+/m1/s1. The van der Waals surface area contributed by atoms with Crippen LogP contribution in [-0.4, -0.2) is 117 Å². The van der Waals surface area contributed by atoms with Gasteiger partial charge in [0.2, 0.25) is 0 Å². The number of aliphatic hydroxyl groups excluding tert-OH is 7. The third-order valence-corrected chi connectivity index (χ3v) is 4.30. The Hall–Kier alpha value is -0.440. The molecule has 10 atom stereocenters. The molecule has 2 aliphatic heterocycles. The average molecular weight is 370 g/mol. The zero-order valence-corrected chi connectivity index (χ0v) is 13.7. The summed E-state index contributed by atoms with van der Waals surface area (Å²) in [6.45, 7) is 0.691. The van der Waals surface area contributed by atoms with Gasteiger partial charge in [-0.25, -0.2) is 0 Å². The molecule has 2 aliphatic rings. The number of aliphatic hydroxyl groups is 7. The molecule has 11 heteroatoms. The third kappa shape index (κ3) is 4.64. The second kappa shape index (κ2) is 8.97. The number of ether oxygens (including phenoxy) is 4. The Balaban J connectivity index is 1.77. The van der Waals surface area contributed by atoms with Gasteiger partial charge < -0.3 is 54.7 Å². The molecule has 0 aromatic heterocycles. The largest absolute Gasteiger partial charge is 0.394 e. The molecule has 0 saturated carbocycles. The van der Waals surface area contributed by atoms with Gasteiger partial charge in [-0.2, -0.15) is 0 Å². The van der Waals surface area contributed by atoms with E-state index in [1.54, 1.807) is 0 Å². The minimum atomic E-state index is -1.54. The van der Waals surface area contributed by atoms with Crippen molar-refractivity contribution in [1.82, 2.24) is 0 Å². The van der Waals surface area contributed by atoms with Crippen molar-refractivity contribution in [2.24, 2.45) is 0 Å². The van der Waals surface area contributed by atoms with Gasteiger partial charge in [-0.1, -0.05) is 0 Å². The molecule has 7 N–H and O–H groups in total. The first-order valence-electron chi connectivity index (χ1n) is 8.01. The van der Waals surface area contributed by atoms with Crippen LogP contribution in [0.5, 0.6) is 0 Å². The van der Waals surface area contributed by atoms with Crippen molar-refractivity contribution < 1.29 is 54.7 Å². The smallest absolute Gasteiger partial charge is 0.186 e.